The van der Waals surface area contributed by atoms with Gasteiger partial charge in [0.05, 0.1) is 0 Å². The Balaban J connectivity index is 2.44. The highest BCUT2D eigenvalue weighted by molar-refractivity contribution is 7.10. The van der Waals surface area contributed by atoms with Crippen molar-refractivity contribution in [1.82, 2.24) is 4.90 Å². The maximum absolute atomic E-state index is 2.22. The zero-order valence-corrected chi connectivity index (χ0v) is 8.24. The van der Waals surface area contributed by atoms with Crippen molar-refractivity contribution in [3.63, 3.8) is 0 Å². The molecule has 0 radical (unpaired) electrons. The van der Waals surface area contributed by atoms with Gasteiger partial charge in [-0.05, 0) is 44.4 Å². The van der Waals surface area contributed by atoms with Gasteiger partial charge in [0.15, 0.2) is 0 Å². The van der Waals surface area contributed by atoms with Crippen LogP contribution in [0.5, 0.6) is 0 Å². The summed E-state index contributed by atoms with van der Waals surface area (Å²) in [7, 11) is 4.23. The van der Waals surface area contributed by atoms with E-state index in [4.69, 9.17) is 0 Å². The molecule has 0 aliphatic heterocycles. The molecular weight excluding hydrogens is 154 g/mol. The van der Waals surface area contributed by atoms with Gasteiger partial charge in [-0.1, -0.05) is 0 Å². The molecule has 1 rings (SSSR count). The van der Waals surface area contributed by atoms with Crippen LogP contribution in [0.2, 0.25) is 0 Å². The van der Waals surface area contributed by atoms with Gasteiger partial charge in [0.1, 0.15) is 0 Å². The minimum atomic E-state index is 1.15. The van der Waals surface area contributed by atoms with Crippen molar-refractivity contribution in [3.05, 3.63) is 21.9 Å². The number of rotatable bonds is 3. The van der Waals surface area contributed by atoms with Crippen molar-refractivity contribution in [3.8, 4) is 0 Å². The standard InChI is InChI=1S/C9H15NS/c1-8-5-7-11-9(8)4-6-10(2)3/h5,7H,4,6H2,1-3H3. The summed E-state index contributed by atoms with van der Waals surface area (Å²) in [4.78, 5) is 3.75. The molecule has 62 valence electrons. The highest BCUT2D eigenvalue weighted by Gasteiger charge is 1.99. The average Bonchev–Trinajstić information content (AvgIpc) is 2.31. The molecule has 1 aromatic heterocycles. The molecule has 0 saturated carbocycles. The van der Waals surface area contributed by atoms with Gasteiger partial charge in [0.25, 0.3) is 0 Å². The summed E-state index contributed by atoms with van der Waals surface area (Å²) in [6.07, 6.45) is 1.19. The summed E-state index contributed by atoms with van der Waals surface area (Å²) in [5.41, 5.74) is 1.44. The second-order valence-electron chi connectivity index (χ2n) is 3.08. The Morgan fingerprint density at radius 1 is 1.45 bits per heavy atom. The summed E-state index contributed by atoms with van der Waals surface area (Å²) in [6, 6.07) is 2.19. The second kappa shape index (κ2) is 3.88. The molecule has 11 heavy (non-hydrogen) atoms. The first-order chi connectivity index (χ1) is 5.20. The first-order valence-corrected chi connectivity index (χ1v) is 4.76. The molecule has 1 aromatic rings. The summed E-state index contributed by atoms with van der Waals surface area (Å²) in [5, 5.41) is 2.17. The topological polar surface area (TPSA) is 3.24 Å². The molecule has 0 aromatic carbocycles. The van der Waals surface area contributed by atoms with Crippen LogP contribution >= 0.6 is 11.3 Å². The first-order valence-electron chi connectivity index (χ1n) is 3.88. The van der Waals surface area contributed by atoms with E-state index >= 15 is 0 Å². The molecule has 0 aliphatic carbocycles. The Bertz CT molecular complexity index is 215. The molecule has 1 nitrogen and oxygen atoms in total. The fourth-order valence-electron chi connectivity index (χ4n) is 0.985. The van der Waals surface area contributed by atoms with Gasteiger partial charge in [-0.25, -0.2) is 0 Å². The van der Waals surface area contributed by atoms with Crippen molar-refractivity contribution in [2.45, 2.75) is 13.3 Å². The molecule has 0 atom stereocenters. The van der Waals surface area contributed by atoms with Crippen molar-refractivity contribution >= 4 is 11.3 Å². The van der Waals surface area contributed by atoms with Crippen LogP contribution in [0.4, 0.5) is 0 Å². The minimum absolute atomic E-state index is 1.15. The van der Waals surface area contributed by atoms with E-state index in [9.17, 15) is 0 Å². The number of aryl methyl sites for hydroxylation is 1. The van der Waals surface area contributed by atoms with Crippen molar-refractivity contribution in [1.29, 1.82) is 0 Å². The van der Waals surface area contributed by atoms with Crippen LogP contribution in [0, 0.1) is 6.92 Å². The third-order valence-corrected chi connectivity index (χ3v) is 2.84. The molecular formula is C9H15NS. The largest absolute Gasteiger partial charge is 0.309 e. The Morgan fingerprint density at radius 3 is 2.64 bits per heavy atom. The lowest BCUT2D eigenvalue weighted by Crippen LogP contribution is -2.14. The van der Waals surface area contributed by atoms with E-state index < -0.39 is 0 Å². The smallest absolute Gasteiger partial charge is 0.00871 e. The van der Waals surface area contributed by atoms with Crippen LogP contribution in [-0.2, 0) is 6.42 Å². The number of hydrogen-bond donors (Lipinski definition) is 0. The lowest BCUT2D eigenvalue weighted by molar-refractivity contribution is 0.414. The molecule has 0 fully saturated rings. The number of hydrogen-bond acceptors (Lipinski definition) is 2. The van der Waals surface area contributed by atoms with E-state index in [0.29, 0.717) is 0 Å². The predicted molar refractivity (Wildman–Crippen MR) is 51.3 cm³/mol. The van der Waals surface area contributed by atoms with E-state index in [2.05, 4.69) is 37.4 Å². The van der Waals surface area contributed by atoms with E-state index in [1.165, 1.54) is 16.9 Å². The SMILES string of the molecule is Cc1ccsc1CCN(C)C. The van der Waals surface area contributed by atoms with Gasteiger partial charge in [0.2, 0.25) is 0 Å². The van der Waals surface area contributed by atoms with Gasteiger partial charge < -0.3 is 4.90 Å². The molecule has 2 heteroatoms. The van der Waals surface area contributed by atoms with Crippen molar-refractivity contribution in [2.24, 2.45) is 0 Å². The highest BCUT2D eigenvalue weighted by atomic mass is 32.1. The molecule has 0 amide bonds. The lowest BCUT2D eigenvalue weighted by Gasteiger charge is -2.07. The van der Waals surface area contributed by atoms with Gasteiger partial charge in [-0.15, -0.1) is 11.3 Å². The van der Waals surface area contributed by atoms with Gasteiger partial charge in [-0.3, -0.25) is 0 Å². The summed E-state index contributed by atoms with van der Waals surface area (Å²) in [6.45, 7) is 3.34. The van der Waals surface area contributed by atoms with Crippen LogP contribution in [0.1, 0.15) is 10.4 Å². The molecule has 0 saturated heterocycles. The Labute approximate surface area is 72.7 Å². The van der Waals surface area contributed by atoms with Crippen LogP contribution < -0.4 is 0 Å². The average molecular weight is 169 g/mol. The van der Waals surface area contributed by atoms with E-state index in [0.717, 1.165) is 6.54 Å². The molecule has 0 spiro atoms. The number of thiophene rings is 1. The maximum atomic E-state index is 2.22. The van der Waals surface area contributed by atoms with Gasteiger partial charge in [0, 0.05) is 11.4 Å². The van der Waals surface area contributed by atoms with E-state index in [1.54, 1.807) is 0 Å². The predicted octanol–water partition coefficient (Wildman–Crippen LogP) is 2.16. The summed E-state index contributed by atoms with van der Waals surface area (Å²) >= 11 is 1.86. The summed E-state index contributed by atoms with van der Waals surface area (Å²) < 4.78 is 0. The molecule has 0 aliphatic rings. The Kier molecular flexibility index (Phi) is 3.09. The molecule has 1 heterocycles. The minimum Gasteiger partial charge on any atom is -0.309 e. The van der Waals surface area contributed by atoms with Crippen LogP contribution in [0.15, 0.2) is 11.4 Å². The fourth-order valence-corrected chi connectivity index (χ4v) is 1.88. The van der Waals surface area contributed by atoms with Crippen LogP contribution in [0.3, 0.4) is 0 Å². The molecule has 0 N–H and O–H groups in total. The number of likely N-dealkylation sites (N-methyl/N-ethyl adjacent to an activating group) is 1. The summed E-state index contributed by atoms with van der Waals surface area (Å²) in [5.74, 6) is 0. The monoisotopic (exact) mass is 169 g/mol. The van der Waals surface area contributed by atoms with Gasteiger partial charge >= 0.3 is 0 Å². The Morgan fingerprint density at radius 2 is 2.18 bits per heavy atom. The quantitative estimate of drug-likeness (QED) is 0.670. The van der Waals surface area contributed by atoms with Crippen molar-refractivity contribution in [2.75, 3.05) is 20.6 Å². The highest BCUT2D eigenvalue weighted by Crippen LogP contribution is 2.15. The Hall–Kier alpha value is -0.340. The third-order valence-electron chi connectivity index (χ3n) is 1.75. The van der Waals surface area contributed by atoms with Crippen molar-refractivity contribution < 1.29 is 0 Å². The zero-order valence-electron chi connectivity index (χ0n) is 7.42. The van der Waals surface area contributed by atoms with Crippen LogP contribution in [0.25, 0.3) is 0 Å². The fraction of sp³-hybridized carbons (Fsp3) is 0.556. The normalized spacial score (nSPS) is 10.9. The first kappa shape index (κ1) is 8.75. The second-order valence-corrected chi connectivity index (χ2v) is 4.08. The van der Waals surface area contributed by atoms with E-state index in [1.807, 2.05) is 11.3 Å². The third kappa shape index (κ3) is 2.64. The van der Waals surface area contributed by atoms with Crippen LogP contribution in [-0.4, -0.2) is 25.5 Å². The maximum Gasteiger partial charge on any atom is 0.00871 e. The number of nitrogens with zero attached hydrogens (tertiary/aromatic N) is 1. The molecule has 0 bridgehead atoms. The zero-order chi connectivity index (χ0) is 8.27. The molecule has 0 unspecified atom stereocenters. The van der Waals surface area contributed by atoms with E-state index in [-0.39, 0.29) is 0 Å². The lowest BCUT2D eigenvalue weighted by atomic mass is 10.2. The van der Waals surface area contributed by atoms with Gasteiger partial charge in [-0.2, -0.15) is 0 Å².